The van der Waals surface area contributed by atoms with Gasteiger partial charge in [0, 0.05) is 7.05 Å². The Morgan fingerprint density at radius 2 is 1.71 bits per heavy atom. The van der Waals surface area contributed by atoms with E-state index >= 15 is 0 Å². The van der Waals surface area contributed by atoms with Crippen molar-refractivity contribution in [1.82, 2.24) is 10.2 Å². The van der Waals surface area contributed by atoms with Crippen LogP contribution in [0.4, 0.5) is 8.78 Å². The van der Waals surface area contributed by atoms with Crippen LogP contribution in [0.5, 0.6) is 0 Å². The molecule has 2 unspecified atom stereocenters. The molecule has 1 saturated heterocycles. The van der Waals surface area contributed by atoms with Crippen molar-refractivity contribution in [1.29, 1.82) is 0 Å². The molecule has 1 aliphatic rings. The number of halogens is 2. The highest BCUT2D eigenvalue weighted by molar-refractivity contribution is 5.85. The summed E-state index contributed by atoms with van der Waals surface area (Å²) in [5.74, 6) is -1.92. The normalized spacial score (nSPS) is 21.9. The predicted molar refractivity (Wildman–Crippen MR) is 74.2 cm³/mol. The van der Waals surface area contributed by atoms with Crippen molar-refractivity contribution in [3.05, 3.63) is 71.3 Å². The molecule has 21 heavy (non-hydrogen) atoms. The summed E-state index contributed by atoms with van der Waals surface area (Å²) in [7, 11) is 1.64. The van der Waals surface area contributed by atoms with Crippen molar-refractivity contribution in [2.75, 3.05) is 7.05 Å². The predicted octanol–water partition coefficient (Wildman–Crippen LogP) is 2.77. The average Bonchev–Trinajstić information content (AvgIpc) is 2.79. The quantitative estimate of drug-likeness (QED) is 0.921. The number of nitrogens with zero attached hydrogens (tertiary/aromatic N) is 1. The second-order valence-electron chi connectivity index (χ2n) is 5.04. The fraction of sp³-hybridized carbons (Fsp3) is 0.188. The zero-order valence-electron chi connectivity index (χ0n) is 11.4. The SMILES string of the molecule is CN1C(=O)C(c2ccccc2)NC1c1ccc(F)c(F)c1. The summed E-state index contributed by atoms with van der Waals surface area (Å²) >= 11 is 0. The summed E-state index contributed by atoms with van der Waals surface area (Å²) in [6.45, 7) is 0. The number of carbonyl (C=O) groups excluding carboxylic acids is 1. The molecule has 1 aliphatic heterocycles. The van der Waals surface area contributed by atoms with Gasteiger partial charge in [0.15, 0.2) is 11.6 Å². The lowest BCUT2D eigenvalue weighted by Gasteiger charge is -2.19. The van der Waals surface area contributed by atoms with E-state index in [0.717, 1.165) is 17.7 Å². The van der Waals surface area contributed by atoms with Crippen LogP contribution in [0.15, 0.2) is 48.5 Å². The van der Waals surface area contributed by atoms with E-state index in [4.69, 9.17) is 0 Å². The molecule has 108 valence electrons. The van der Waals surface area contributed by atoms with Gasteiger partial charge in [0.05, 0.1) is 0 Å². The molecule has 2 atom stereocenters. The Bertz CT molecular complexity index is 675. The number of hydrogen-bond acceptors (Lipinski definition) is 2. The molecule has 0 bridgehead atoms. The number of benzene rings is 2. The first-order chi connectivity index (χ1) is 10.1. The summed E-state index contributed by atoms with van der Waals surface area (Å²) in [4.78, 5) is 13.8. The first kappa shape index (κ1) is 13.7. The van der Waals surface area contributed by atoms with Crippen LogP contribution in [0.3, 0.4) is 0 Å². The molecule has 5 heteroatoms. The van der Waals surface area contributed by atoms with Crippen molar-refractivity contribution in [3.63, 3.8) is 0 Å². The van der Waals surface area contributed by atoms with Gasteiger partial charge in [-0.25, -0.2) is 8.78 Å². The highest BCUT2D eigenvalue weighted by atomic mass is 19.2. The largest absolute Gasteiger partial charge is 0.324 e. The van der Waals surface area contributed by atoms with Crippen LogP contribution in [0.25, 0.3) is 0 Å². The van der Waals surface area contributed by atoms with E-state index in [0.29, 0.717) is 5.56 Å². The lowest BCUT2D eigenvalue weighted by Crippen LogP contribution is -2.26. The fourth-order valence-corrected chi connectivity index (χ4v) is 2.56. The summed E-state index contributed by atoms with van der Waals surface area (Å²) in [6, 6.07) is 12.5. The summed E-state index contributed by atoms with van der Waals surface area (Å²) < 4.78 is 26.4. The zero-order valence-corrected chi connectivity index (χ0v) is 11.4. The minimum absolute atomic E-state index is 0.101. The molecule has 1 heterocycles. The second kappa shape index (κ2) is 5.26. The Kier molecular flexibility index (Phi) is 3.43. The fourth-order valence-electron chi connectivity index (χ4n) is 2.56. The van der Waals surface area contributed by atoms with Crippen LogP contribution in [-0.4, -0.2) is 17.9 Å². The highest BCUT2D eigenvalue weighted by Crippen LogP contribution is 2.31. The molecule has 0 saturated carbocycles. The van der Waals surface area contributed by atoms with Crippen LogP contribution in [-0.2, 0) is 4.79 Å². The van der Waals surface area contributed by atoms with Gasteiger partial charge in [-0.1, -0.05) is 36.4 Å². The van der Waals surface area contributed by atoms with E-state index in [-0.39, 0.29) is 5.91 Å². The van der Waals surface area contributed by atoms with Crippen molar-refractivity contribution in [3.8, 4) is 0 Å². The van der Waals surface area contributed by atoms with E-state index in [9.17, 15) is 13.6 Å². The molecule has 2 aromatic carbocycles. The molecule has 0 aliphatic carbocycles. The Balaban J connectivity index is 1.91. The van der Waals surface area contributed by atoms with Crippen LogP contribution < -0.4 is 5.32 Å². The van der Waals surface area contributed by atoms with E-state index in [2.05, 4.69) is 5.32 Å². The van der Waals surface area contributed by atoms with Gasteiger partial charge in [-0.2, -0.15) is 0 Å². The van der Waals surface area contributed by atoms with Gasteiger partial charge < -0.3 is 4.90 Å². The lowest BCUT2D eigenvalue weighted by atomic mass is 10.1. The van der Waals surface area contributed by atoms with Crippen molar-refractivity contribution >= 4 is 5.91 Å². The summed E-state index contributed by atoms with van der Waals surface area (Å²) in [6.07, 6.45) is -0.474. The van der Waals surface area contributed by atoms with Gasteiger partial charge in [-0.3, -0.25) is 10.1 Å². The monoisotopic (exact) mass is 288 g/mol. The summed E-state index contributed by atoms with van der Waals surface area (Å²) in [5, 5.41) is 3.16. The van der Waals surface area contributed by atoms with Gasteiger partial charge in [0.25, 0.3) is 0 Å². The molecule has 2 aromatic rings. The maximum Gasteiger partial charge on any atom is 0.245 e. The molecule has 1 fully saturated rings. The van der Waals surface area contributed by atoms with Gasteiger partial charge >= 0.3 is 0 Å². The van der Waals surface area contributed by atoms with Gasteiger partial charge in [0.2, 0.25) is 5.91 Å². The van der Waals surface area contributed by atoms with Crippen molar-refractivity contribution in [2.24, 2.45) is 0 Å². The molecule has 3 nitrogen and oxygen atoms in total. The third-order valence-electron chi connectivity index (χ3n) is 3.70. The third-order valence-corrected chi connectivity index (χ3v) is 3.70. The number of hydrogen-bond donors (Lipinski definition) is 1. The zero-order chi connectivity index (χ0) is 15.0. The number of carbonyl (C=O) groups is 1. The average molecular weight is 288 g/mol. The smallest absolute Gasteiger partial charge is 0.245 e. The highest BCUT2D eigenvalue weighted by Gasteiger charge is 2.38. The minimum atomic E-state index is -0.918. The Hall–Kier alpha value is -2.27. The molecule has 1 N–H and O–H groups in total. The van der Waals surface area contributed by atoms with Crippen molar-refractivity contribution in [2.45, 2.75) is 12.2 Å². The Labute approximate surface area is 121 Å². The van der Waals surface area contributed by atoms with Crippen LogP contribution in [0, 0.1) is 11.6 Å². The van der Waals surface area contributed by atoms with E-state index in [1.165, 1.54) is 11.0 Å². The maximum atomic E-state index is 13.4. The minimum Gasteiger partial charge on any atom is -0.324 e. The number of rotatable bonds is 2. The third kappa shape index (κ3) is 2.40. The number of nitrogens with one attached hydrogen (secondary N) is 1. The molecule has 0 aromatic heterocycles. The van der Waals surface area contributed by atoms with E-state index in [1.54, 1.807) is 7.05 Å². The second-order valence-corrected chi connectivity index (χ2v) is 5.04. The van der Waals surface area contributed by atoms with Crippen LogP contribution >= 0.6 is 0 Å². The van der Waals surface area contributed by atoms with Crippen LogP contribution in [0.2, 0.25) is 0 Å². The maximum absolute atomic E-state index is 13.4. The van der Waals surface area contributed by atoms with Gasteiger partial charge in [-0.15, -0.1) is 0 Å². The standard InChI is InChI=1S/C16H14F2N2O/c1-20-15(11-7-8-12(17)13(18)9-11)19-14(16(20)21)10-5-3-2-4-6-10/h2-9,14-15,19H,1H3. The molecule has 0 radical (unpaired) electrons. The molecule has 3 rings (SSSR count). The van der Waals surface area contributed by atoms with Crippen LogP contribution in [0.1, 0.15) is 23.3 Å². The van der Waals surface area contributed by atoms with Crippen molar-refractivity contribution < 1.29 is 13.6 Å². The number of likely N-dealkylation sites (N-methyl/N-ethyl adjacent to an activating group) is 1. The lowest BCUT2D eigenvalue weighted by molar-refractivity contribution is -0.128. The molecule has 1 amide bonds. The Morgan fingerprint density at radius 3 is 2.38 bits per heavy atom. The molecule has 0 spiro atoms. The Morgan fingerprint density at radius 1 is 1.00 bits per heavy atom. The van der Waals surface area contributed by atoms with E-state index < -0.39 is 23.8 Å². The first-order valence-corrected chi connectivity index (χ1v) is 6.60. The molecular formula is C16H14F2N2O. The van der Waals surface area contributed by atoms with E-state index in [1.807, 2.05) is 30.3 Å². The molecular weight excluding hydrogens is 274 g/mol. The number of amides is 1. The topological polar surface area (TPSA) is 32.3 Å². The first-order valence-electron chi connectivity index (χ1n) is 6.60. The summed E-state index contributed by atoms with van der Waals surface area (Å²) in [5.41, 5.74) is 1.36. The van der Waals surface area contributed by atoms with Gasteiger partial charge in [-0.05, 0) is 23.3 Å². The van der Waals surface area contributed by atoms with Gasteiger partial charge in [0.1, 0.15) is 12.2 Å².